The summed E-state index contributed by atoms with van der Waals surface area (Å²) in [5, 5.41) is 5.72. The van der Waals surface area contributed by atoms with Crippen molar-refractivity contribution in [2.45, 2.75) is 20.3 Å². The predicted molar refractivity (Wildman–Crippen MR) is 108 cm³/mol. The minimum Gasteiger partial charge on any atom is -0.492 e. The fraction of sp³-hybridized carbons (Fsp3) is 0.300. The van der Waals surface area contributed by atoms with E-state index < -0.39 is 0 Å². The van der Waals surface area contributed by atoms with Crippen LogP contribution in [0.25, 0.3) is 0 Å². The molecular formula is C20H24N2O3S. The summed E-state index contributed by atoms with van der Waals surface area (Å²) >= 11 is 1.28. The lowest BCUT2D eigenvalue weighted by Crippen LogP contribution is -2.19. The average molecular weight is 372 g/mol. The second-order valence-corrected chi connectivity index (χ2v) is 6.51. The van der Waals surface area contributed by atoms with Gasteiger partial charge in [0.25, 0.3) is 0 Å². The van der Waals surface area contributed by atoms with Crippen LogP contribution in [0.2, 0.25) is 0 Å². The zero-order valence-electron chi connectivity index (χ0n) is 15.1. The molecule has 2 N–H and O–H groups in total. The van der Waals surface area contributed by atoms with E-state index in [4.69, 9.17) is 4.74 Å². The van der Waals surface area contributed by atoms with Crippen molar-refractivity contribution in [3.05, 3.63) is 54.1 Å². The molecule has 0 saturated carbocycles. The Morgan fingerprint density at radius 3 is 2.12 bits per heavy atom. The third kappa shape index (κ3) is 6.11. The summed E-state index contributed by atoms with van der Waals surface area (Å²) in [6.45, 7) is 4.47. The maximum Gasteiger partial charge on any atom is 0.234 e. The molecule has 0 aliphatic heterocycles. The average Bonchev–Trinajstić information content (AvgIpc) is 2.64. The fourth-order valence-electron chi connectivity index (χ4n) is 2.41. The van der Waals surface area contributed by atoms with Crippen molar-refractivity contribution in [3.8, 4) is 5.75 Å². The number of ether oxygens (including phenoxy) is 1. The molecule has 5 nitrogen and oxygen atoms in total. The van der Waals surface area contributed by atoms with Crippen molar-refractivity contribution < 1.29 is 14.3 Å². The predicted octanol–water partition coefficient (Wildman–Crippen LogP) is 3.96. The zero-order chi connectivity index (χ0) is 18.8. The van der Waals surface area contributed by atoms with Crippen LogP contribution >= 0.6 is 11.8 Å². The highest BCUT2D eigenvalue weighted by atomic mass is 32.2. The molecule has 0 heterocycles. The first kappa shape index (κ1) is 19.8. The molecule has 2 rings (SSSR count). The molecule has 0 saturated heterocycles. The quantitative estimate of drug-likeness (QED) is 0.699. The van der Waals surface area contributed by atoms with E-state index in [9.17, 15) is 9.59 Å². The van der Waals surface area contributed by atoms with Crippen LogP contribution in [0.3, 0.4) is 0 Å². The van der Waals surface area contributed by atoms with E-state index >= 15 is 0 Å². The molecular weight excluding hydrogens is 348 g/mol. The van der Waals surface area contributed by atoms with E-state index in [2.05, 4.69) is 10.6 Å². The van der Waals surface area contributed by atoms with Gasteiger partial charge in [0, 0.05) is 5.69 Å². The minimum absolute atomic E-state index is 0.113. The molecule has 0 aliphatic carbocycles. The molecule has 0 radical (unpaired) electrons. The second kappa shape index (κ2) is 10.5. The second-order valence-electron chi connectivity index (χ2n) is 5.53. The molecule has 0 bridgehead atoms. The summed E-state index contributed by atoms with van der Waals surface area (Å²) < 4.78 is 5.48. The normalized spacial score (nSPS) is 10.2. The number of benzene rings is 2. The Bertz CT molecular complexity index is 749. The Kier molecular flexibility index (Phi) is 8.02. The van der Waals surface area contributed by atoms with Gasteiger partial charge in [0.1, 0.15) is 5.75 Å². The molecule has 2 amide bonds. The summed E-state index contributed by atoms with van der Waals surface area (Å²) in [5.41, 5.74) is 2.56. The Morgan fingerprint density at radius 2 is 1.46 bits per heavy atom. The molecule has 6 heteroatoms. The van der Waals surface area contributed by atoms with Crippen LogP contribution in [0, 0.1) is 0 Å². The molecule has 0 atom stereocenters. The van der Waals surface area contributed by atoms with Crippen LogP contribution in [-0.4, -0.2) is 29.9 Å². The maximum atomic E-state index is 12.1. The number of para-hydroxylation sites is 3. The van der Waals surface area contributed by atoms with Gasteiger partial charge < -0.3 is 15.4 Å². The van der Waals surface area contributed by atoms with Crippen LogP contribution in [0.1, 0.15) is 19.4 Å². The van der Waals surface area contributed by atoms with E-state index in [1.165, 1.54) is 11.8 Å². The number of rotatable bonds is 9. The van der Waals surface area contributed by atoms with Gasteiger partial charge in [-0.05, 0) is 37.1 Å². The number of amides is 2. The van der Waals surface area contributed by atoms with Gasteiger partial charge in [-0.25, -0.2) is 0 Å². The number of anilines is 2. The largest absolute Gasteiger partial charge is 0.492 e. The Hall–Kier alpha value is -2.47. The lowest BCUT2D eigenvalue weighted by atomic mass is 10.1. The lowest BCUT2D eigenvalue weighted by molar-refractivity contribution is -0.114. The zero-order valence-corrected chi connectivity index (χ0v) is 15.9. The van der Waals surface area contributed by atoms with Crippen molar-refractivity contribution in [1.29, 1.82) is 0 Å². The number of nitrogens with one attached hydrogen (secondary N) is 2. The first-order valence-corrected chi connectivity index (χ1v) is 9.76. The van der Waals surface area contributed by atoms with E-state index in [0.717, 1.165) is 17.7 Å². The first-order valence-electron chi connectivity index (χ1n) is 8.61. The molecule has 2 aromatic carbocycles. The summed E-state index contributed by atoms with van der Waals surface area (Å²) in [4.78, 5) is 24.2. The smallest absolute Gasteiger partial charge is 0.234 e. The number of carbonyl (C=O) groups excluding carboxylic acids is 2. The fourth-order valence-corrected chi connectivity index (χ4v) is 3.03. The summed E-state index contributed by atoms with van der Waals surface area (Å²) in [6, 6.07) is 15.0. The molecule has 2 aromatic rings. The number of hydrogen-bond acceptors (Lipinski definition) is 4. The van der Waals surface area contributed by atoms with E-state index in [0.29, 0.717) is 18.0 Å². The first-order chi connectivity index (χ1) is 12.6. The van der Waals surface area contributed by atoms with E-state index in [-0.39, 0.29) is 23.3 Å². The Labute approximate surface area is 158 Å². The van der Waals surface area contributed by atoms with Gasteiger partial charge in [-0.1, -0.05) is 37.3 Å². The van der Waals surface area contributed by atoms with E-state index in [1.54, 1.807) is 6.07 Å². The van der Waals surface area contributed by atoms with E-state index in [1.807, 2.05) is 56.3 Å². The van der Waals surface area contributed by atoms with Crippen molar-refractivity contribution >= 4 is 35.0 Å². The minimum atomic E-state index is -0.163. The molecule has 0 unspecified atom stereocenters. The number of aryl methyl sites for hydroxylation is 1. The molecule has 0 aliphatic rings. The van der Waals surface area contributed by atoms with Gasteiger partial charge in [-0.15, -0.1) is 11.8 Å². The van der Waals surface area contributed by atoms with Crippen LogP contribution in [0.4, 0.5) is 11.4 Å². The van der Waals surface area contributed by atoms with Gasteiger partial charge in [0.15, 0.2) is 0 Å². The molecule has 0 spiro atoms. The van der Waals surface area contributed by atoms with Crippen molar-refractivity contribution in [2.24, 2.45) is 0 Å². The summed E-state index contributed by atoms with van der Waals surface area (Å²) in [5.74, 6) is 0.784. The van der Waals surface area contributed by atoms with Gasteiger partial charge >= 0.3 is 0 Å². The molecule has 0 fully saturated rings. The third-order valence-electron chi connectivity index (χ3n) is 3.60. The van der Waals surface area contributed by atoms with Gasteiger partial charge in [-0.3, -0.25) is 9.59 Å². The van der Waals surface area contributed by atoms with Gasteiger partial charge in [-0.2, -0.15) is 0 Å². The van der Waals surface area contributed by atoms with Crippen LogP contribution in [0.5, 0.6) is 5.75 Å². The standard InChI is InChI=1S/C20H24N2O3S/c1-3-15-9-5-6-10-16(15)21-19(23)13-26-14-20(24)22-17-11-7-8-12-18(17)25-4-2/h5-12H,3-4,13-14H2,1-2H3,(H,21,23)(H,22,24). The lowest BCUT2D eigenvalue weighted by Gasteiger charge is -2.11. The monoisotopic (exact) mass is 372 g/mol. The van der Waals surface area contributed by atoms with Gasteiger partial charge in [0.2, 0.25) is 11.8 Å². The summed E-state index contributed by atoms with van der Waals surface area (Å²) in [6.07, 6.45) is 0.852. The van der Waals surface area contributed by atoms with Crippen LogP contribution < -0.4 is 15.4 Å². The highest BCUT2D eigenvalue weighted by Gasteiger charge is 2.10. The number of carbonyl (C=O) groups is 2. The highest BCUT2D eigenvalue weighted by molar-refractivity contribution is 8.00. The Morgan fingerprint density at radius 1 is 0.885 bits per heavy atom. The number of thioether (sulfide) groups is 1. The highest BCUT2D eigenvalue weighted by Crippen LogP contribution is 2.23. The SMILES string of the molecule is CCOc1ccccc1NC(=O)CSCC(=O)Nc1ccccc1CC. The van der Waals surface area contributed by atoms with Crippen molar-refractivity contribution in [3.63, 3.8) is 0 Å². The topological polar surface area (TPSA) is 67.4 Å². The van der Waals surface area contributed by atoms with Crippen molar-refractivity contribution in [2.75, 3.05) is 28.7 Å². The van der Waals surface area contributed by atoms with Crippen molar-refractivity contribution in [1.82, 2.24) is 0 Å². The summed E-state index contributed by atoms with van der Waals surface area (Å²) in [7, 11) is 0. The molecule has 138 valence electrons. The number of hydrogen-bond donors (Lipinski definition) is 2. The van der Waals surface area contributed by atoms with Crippen LogP contribution in [0.15, 0.2) is 48.5 Å². The molecule has 26 heavy (non-hydrogen) atoms. The van der Waals surface area contributed by atoms with Crippen LogP contribution in [-0.2, 0) is 16.0 Å². The molecule has 0 aromatic heterocycles. The Balaban J connectivity index is 1.78. The third-order valence-corrected chi connectivity index (χ3v) is 4.53. The van der Waals surface area contributed by atoms with Gasteiger partial charge in [0.05, 0.1) is 23.8 Å². The maximum absolute atomic E-state index is 12.1.